The molecule has 1 N–H and O–H groups in total. The molecule has 1 saturated heterocycles. The van der Waals surface area contributed by atoms with Crippen LogP contribution in [0, 0.1) is 0 Å². The molecule has 0 aromatic heterocycles. The Labute approximate surface area is 161 Å². The van der Waals surface area contributed by atoms with Gasteiger partial charge >= 0.3 is 5.51 Å². The summed E-state index contributed by atoms with van der Waals surface area (Å²) < 4.78 is 43.9. The number of likely N-dealkylation sites (tertiary alicyclic amines) is 1. The van der Waals surface area contributed by atoms with E-state index in [2.05, 4.69) is 0 Å². The number of hydrogen-bond acceptors (Lipinski definition) is 4. The molecule has 2 atom stereocenters. The molecule has 4 nitrogen and oxygen atoms in total. The summed E-state index contributed by atoms with van der Waals surface area (Å²) in [6, 6.07) is 3.50. The first-order chi connectivity index (χ1) is 11.6. The molecule has 3 rings (SSSR count). The maximum Gasteiger partial charge on any atom is 0.446 e. The highest BCUT2D eigenvalue weighted by Gasteiger charge is 2.47. The highest BCUT2D eigenvalue weighted by atomic mass is 32.2. The first-order valence-electron chi connectivity index (χ1n) is 8.15. The number of piperidine rings is 1. The van der Waals surface area contributed by atoms with Crippen LogP contribution in [0.5, 0.6) is 5.75 Å². The molecule has 1 aromatic carbocycles. The van der Waals surface area contributed by atoms with E-state index >= 15 is 0 Å². The zero-order valence-corrected chi connectivity index (χ0v) is 16.3. The van der Waals surface area contributed by atoms with Crippen molar-refractivity contribution in [1.82, 2.24) is 4.90 Å². The molecule has 1 aromatic rings. The molecule has 0 unspecified atom stereocenters. The second kappa shape index (κ2) is 7.52. The number of halogens is 3. The number of aliphatic hydroxyl groups excluding tert-OH is 1. The van der Waals surface area contributed by atoms with Gasteiger partial charge in [0.25, 0.3) is 0 Å². The Bertz CT molecular complexity index is 682. The summed E-state index contributed by atoms with van der Waals surface area (Å²) in [4.78, 5) is 14.0. The number of ether oxygens (including phenoxy) is 1. The fourth-order valence-corrected chi connectivity index (χ4v) is 3.99. The Morgan fingerprint density at radius 3 is 2.62 bits per heavy atom. The van der Waals surface area contributed by atoms with Crippen molar-refractivity contribution in [3.8, 4) is 5.75 Å². The zero-order chi connectivity index (χ0) is 18.4. The Balaban J connectivity index is 0.00000243. The highest BCUT2D eigenvalue weighted by molar-refractivity contribution is 8.00. The van der Waals surface area contributed by atoms with Gasteiger partial charge in [-0.3, -0.25) is 4.79 Å². The number of fused-ring (bicyclic) bond motifs is 1. The van der Waals surface area contributed by atoms with Crippen LogP contribution in [0.15, 0.2) is 23.1 Å². The van der Waals surface area contributed by atoms with Crippen molar-refractivity contribution in [2.45, 2.75) is 61.3 Å². The minimum absolute atomic E-state index is 0. The van der Waals surface area contributed by atoms with E-state index in [1.165, 1.54) is 18.2 Å². The molecular weight excluding hydrogens is 387 g/mol. The first kappa shape index (κ1) is 21.2. The second-order valence-corrected chi connectivity index (χ2v) is 8.03. The van der Waals surface area contributed by atoms with Crippen LogP contribution >= 0.6 is 25.3 Å². The highest BCUT2D eigenvalue weighted by Crippen LogP contribution is 2.46. The van der Waals surface area contributed by atoms with Crippen molar-refractivity contribution < 1.29 is 27.8 Å². The number of amides is 1. The van der Waals surface area contributed by atoms with Gasteiger partial charge in [-0.25, -0.2) is 0 Å². The predicted octanol–water partition coefficient (Wildman–Crippen LogP) is 4.00. The number of carbonyl (C=O) groups is 1. The van der Waals surface area contributed by atoms with E-state index in [1.807, 2.05) is 0 Å². The van der Waals surface area contributed by atoms with E-state index in [-0.39, 0.29) is 36.1 Å². The van der Waals surface area contributed by atoms with Gasteiger partial charge in [-0.1, -0.05) is 0 Å². The molecule has 0 saturated carbocycles. The first-order valence-corrected chi connectivity index (χ1v) is 8.96. The lowest BCUT2D eigenvalue weighted by molar-refractivity contribution is -0.147. The Morgan fingerprint density at radius 1 is 1.31 bits per heavy atom. The van der Waals surface area contributed by atoms with Crippen LogP contribution in [0.3, 0.4) is 0 Å². The molecule has 2 aliphatic rings. The van der Waals surface area contributed by atoms with Crippen molar-refractivity contribution in [2.75, 3.05) is 6.54 Å². The average Bonchev–Trinajstić information content (AvgIpc) is 2.49. The topological polar surface area (TPSA) is 49.8 Å². The Morgan fingerprint density at radius 2 is 2.00 bits per heavy atom. The summed E-state index contributed by atoms with van der Waals surface area (Å²) in [7, 11) is 0. The van der Waals surface area contributed by atoms with Gasteiger partial charge in [-0.15, -0.1) is 0 Å². The molecule has 2 aliphatic heterocycles. The van der Waals surface area contributed by atoms with Gasteiger partial charge in [0, 0.05) is 23.4 Å². The largest absolute Gasteiger partial charge is 0.485 e. The fourth-order valence-electron chi connectivity index (χ4n) is 3.40. The smallest absolute Gasteiger partial charge is 0.446 e. The molecule has 1 fully saturated rings. The van der Waals surface area contributed by atoms with Gasteiger partial charge in [0.1, 0.15) is 17.5 Å². The van der Waals surface area contributed by atoms with E-state index in [9.17, 15) is 23.1 Å². The molecule has 146 valence electrons. The Kier molecular flexibility index (Phi) is 6.14. The van der Waals surface area contributed by atoms with Crippen molar-refractivity contribution in [3.05, 3.63) is 23.8 Å². The van der Waals surface area contributed by atoms with Gasteiger partial charge in [0.05, 0.1) is 6.04 Å². The molecule has 2 heterocycles. The van der Waals surface area contributed by atoms with Crippen LogP contribution in [0.1, 0.15) is 44.7 Å². The number of benzene rings is 1. The zero-order valence-electron chi connectivity index (χ0n) is 14.5. The molecule has 0 radical (unpaired) electrons. The van der Waals surface area contributed by atoms with Crippen LogP contribution in [-0.4, -0.2) is 39.7 Å². The van der Waals surface area contributed by atoms with Gasteiger partial charge in [0.15, 0.2) is 0 Å². The molecule has 1 amide bonds. The normalized spacial score (nSPS) is 25.2. The Hall–Kier alpha value is -1.06. The molecular formula is C17H22F3NO3S2. The van der Waals surface area contributed by atoms with Crippen LogP contribution in [0.25, 0.3) is 0 Å². The van der Waals surface area contributed by atoms with Crippen LogP contribution in [-0.2, 0) is 4.79 Å². The average molecular weight is 409 g/mol. The molecule has 9 heteroatoms. The van der Waals surface area contributed by atoms with Crippen LogP contribution < -0.4 is 4.74 Å². The maximum atomic E-state index is 12.7. The quantitative estimate of drug-likeness (QED) is 0.751. The molecule has 0 spiro atoms. The maximum absolute atomic E-state index is 12.7. The lowest BCUT2D eigenvalue weighted by Gasteiger charge is -2.47. The summed E-state index contributed by atoms with van der Waals surface area (Å²) in [6.07, 6.45) is 0.946. The van der Waals surface area contributed by atoms with E-state index in [0.717, 1.165) is 12.8 Å². The monoisotopic (exact) mass is 409 g/mol. The van der Waals surface area contributed by atoms with Crippen molar-refractivity contribution >= 4 is 31.2 Å². The van der Waals surface area contributed by atoms with Crippen molar-refractivity contribution in [2.24, 2.45) is 0 Å². The number of aliphatic hydroxyl groups is 1. The summed E-state index contributed by atoms with van der Waals surface area (Å²) >= 11 is -0.216. The predicted molar refractivity (Wildman–Crippen MR) is 97.8 cm³/mol. The number of carbonyl (C=O) groups excluding carboxylic acids is 1. The van der Waals surface area contributed by atoms with E-state index in [1.54, 1.807) is 18.7 Å². The van der Waals surface area contributed by atoms with E-state index < -0.39 is 23.3 Å². The fraction of sp³-hybridized carbons (Fsp3) is 0.588. The summed E-state index contributed by atoms with van der Waals surface area (Å²) in [6.45, 7) is 3.90. The number of alkyl halides is 3. The number of rotatable bonds is 2. The third kappa shape index (κ3) is 4.26. The molecule has 0 aliphatic carbocycles. The van der Waals surface area contributed by atoms with E-state index in [0.29, 0.717) is 24.3 Å². The van der Waals surface area contributed by atoms with Crippen molar-refractivity contribution in [1.29, 1.82) is 0 Å². The number of thioether (sulfide) groups is 1. The van der Waals surface area contributed by atoms with E-state index in [4.69, 9.17) is 4.74 Å². The van der Waals surface area contributed by atoms with Crippen molar-refractivity contribution in [3.63, 3.8) is 0 Å². The third-order valence-electron chi connectivity index (χ3n) is 4.61. The number of nitrogens with zero attached hydrogens (tertiary/aromatic N) is 1. The number of hydrogen-bond donors (Lipinski definition) is 1. The third-order valence-corrected chi connectivity index (χ3v) is 5.33. The summed E-state index contributed by atoms with van der Waals surface area (Å²) in [5, 5.41) is 10.8. The van der Waals surface area contributed by atoms with Gasteiger partial charge < -0.3 is 14.7 Å². The summed E-state index contributed by atoms with van der Waals surface area (Å²) in [5.74, 6) is 0.318. The van der Waals surface area contributed by atoms with Gasteiger partial charge in [-0.2, -0.15) is 26.7 Å². The molecule has 0 bridgehead atoms. The lowest BCUT2D eigenvalue weighted by atomic mass is 9.84. The molecule has 26 heavy (non-hydrogen) atoms. The van der Waals surface area contributed by atoms with Crippen LogP contribution in [0.2, 0.25) is 0 Å². The summed E-state index contributed by atoms with van der Waals surface area (Å²) in [5.41, 5.74) is -4.93. The standard InChI is InChI=1S/C17H20F3NO3S.H2S/c1-16(2)15(23)14(21-8-4-3-5-13(21)22)11-9-10(25-17(18,19)20)6-7-12(11)24-16;/h6-7,9,14-15,23H,3-5,8H2,1-2H3;1H2/t14-,15+;/m0./s1. The van der Waals surface area contributed by atoms with Gasteiger partial charge in [-0.05, 0) is 56.7 Å². The second-order valence-electron chi connectivity index (χ2n) is 6.89. The SMILES string of the molecule is CC1(C)Oc2ccc(SC(F)(F)F)cc2[C@H](N2CCCCC2=O)[C@H]1O.S. The lowest BCUT2D eigenvalue weighted by Crippen LogP contribution is -2.55. The van der Waals surface area contributed by atoms with Crippen LogP contribution in [0.4, 0.5) is 13.2 Å². The van der Waals surface area contributed by atoms with Gasteiger partial charge in [0.2, 0.25) is 5.91 Å². The minimum atomic E-state index is -4.40. The minimum Gasteiger partial charge on any atom is -0.485 e.